The molecule has 0 aliphatic rings. The lowest BCUT2D eigenvalue weighted by molar-refractivity contribution is 0.397. The summed E-state index contributed by atoms with van der Waals surface area (Å²) in [4.78, 5) is 4.61. The number of aromatic nitrogens is 1. The van der Waals surface area contributed by atoms with Crippen molar-refractivity contribution in [2.75, 3.05) is 7.11 Å². The van der Waals surface area contributed by atoms with Gasteiger partial charge in [-0.1, -0.05) is 49.7 Å². The highest BCUT2D eigenvalue weighted by molar-refractivity contribution is 7.89. The highest BCUT2D eigenvalue weighted by Crippen LogP contribution is 2.35. The minimum absolute atomic E-state index is 0.0232. The molecular formula is C23H23N3O3S. The Morgan fingerprint density at radius 3 is 2.23 bits per heavy atom. The fourth-order valence-electron chi connectivity index (χ4n) is 3.21. The second-order valence-corrected chi connectivity index (χ2v) is 8.48. The van der Waals surface area contributed by atoms with E-state index in [9.17, 15) is 13.7 Å². The van der Waals surface area contributed by atoms with Gasteiger partial charge < -0.3 is 4.74 Å². The van der Waals surface area contributed by atoms with Crippen molar-refractivity contribution in [1.82, 2.24) is 4.98 Å². The molecule has 0 bridgehead atoms. The first kappa shape index (κ1) is 21.5. The number of nitrogens with zero attached hydrogens (tertiary/aromatic N) is 2. The average molecular weight is 422 g/mol. The largest absolute Gasteiger partial charge is 0.480 e. The fraction of sp³-hybridized carbons (Fsp3) is 0.217. The van der Waals surface area contributed by atoms with Crippen LogP contribution in [0.3, 0.4) is 0 Å². The number of sulfonamides is 1. The van der Waals surface area contributed by atoms with E-state index in [1.165, 1.54) is 24.8 Å². The van der Waals surface area contributed by atoms with Gasteiger partial charge in [-0.25, -0.2) is 18.5 Å². The number of unbranched alkanes of at least 4 members (excludes halogenated alkanes) is 1. The number of aryl methyl sites for hydroxylation is 1. The third-order valence-electron chi connectivity index (χ3n) is 4.84. The Labute approximate surface area is 177 Å². The molecule has 3 rings (SSSR count). The van der Waals surface area contributed by atoms with Crippen molar-refractivity contribution in [3.63, 3.8) is 0 Å². The van der Waals surface area contributed by atoms with Crippen molar-refractivity contribution < 1.29 is 13.2 Å². The Hall–Kier alpha value is -3.21. The molecule has 6 nitrogen and oxygen atoms in total. The Morgan fingerprint density at radius 1 is 1.07 bits per heavy atom. The summed E-state index contributed by atoms with van der Waals surface area (Å²) in [5.41, 5.74) is 4.50. The van der Waals surface area contributed by atoms with Gasteiger partial charge in [0.15, 0.2) is 0 Å². The van der Waals surface area contributed by atoms with Crippen LogP contribution in [0, 0.1) is 11.3 Å². The summed E-state index contributed by atoms with van der Waals surface area (Å²) < 4.78 is 28.4. The number of hydrogen-bond acceptors (Lipinski definition) is 5. The number of primary sulfonamides is 1. The predicted octanol–water partition coefficient (Wildman–Crippen LogP) is 4.29. The van der Waals surface area contributed by atoms with E-state index < -0.39 is 10.0 Å². The molecule has 3 aromatic rings. The van der Waals surface area contributed by atoms with E-state index in [2.05, 4.69) is 30.1 Å². The van der Waals surface area contributed by atoms with Gasteiger partial charge in [-0.3, -0.25) is 0 Å². The monoisotopic (exact) mass is 421 g/mol. The third-order valence-corrected chi connectivity index (χ3v) is 5.77. The maximum atomic E-state index is 11.6. The van der Waals surface area contributed by atoms with Crippen LogP contribution in [0.15, 0.2) is 59.5 Å². The lowest BCUT2D eigenvalue weighted by atomic mass is 9.96. The molecule has 7 heteroatoms. The van der Waals surface area contributed by atoms with Gasteiger partial charge in [0, 0.05) is 11.1 Å². The van der Waals surface area contributed by atoms with Crippen LogP contribution in [0.5, 0.6) is 5.88 Å². The van der Waals surface area contributed by atoms with Crippen LogP contribution in [0.4, 0.5) is 0 Å². The molecule has 30 heavy (non-hydrogen) atoms. The molecule has 0 saturated carbocycles. The average Bonchev–Trinajstić information content (AvgIpc) is 2.76. The maximum Gasteiger partial charge on any atom is 0.238 e. The molecule has 0 spiro atoms. The van der Waals surface area contributed by atoms with Gasteiger partial charge in [-0.2, -0.15) is 5.26 Å². The van der Waals surface area contributed by atoms with E-state index in [1.54, 1.807) is 18.2 Å². The van der Waals surface area contributed by atoms with E-state index in [0.717, 1.165) is 30.4 Å². The van der Waals surface area contributed by atoms with Gasteiger partial charge in [-0.05, 0) is 42.2 Å². The Bertz CT molecular complexity index is 1180. The third kappa shape index (κ3) is 4.67. The topological polar surface area (TPSA) is 106 Å². The second-order valence-electron chi connectivity index (χ2n) is 6.92. The first-order valence-electron chi connectivity index (χ1n) is 9.59. The van der Waals surface area contributed by atoms with E-state index in [-0.39, 0.29) is 10.8 Å². The van der Waals surface area contributed by atoms with E-state index in [4.69, 9.17) is 9.88 Å². The Morgan fingerprint density at radius 2 is 1.70 bits per heavy atom. The normalized spacial score (nSPS) is 11.1. The summed E-state index contributed by atoms with van der Waals surface area (Å²) in [6, 6.07) is 18.2. The maximum absolute atomic E-state index is 11.6. The van der Waals surface area contributed by atoms with Crippen LogP contribution in [0.1, 0.15) is 30.9 Å². The minimum Gasteiger partial charge on any atom is -0.480 e. The quantitative estimate of drug-likeness (QED) is 0.613. The van der Waals surface area contributed by atoms with Crippen LogP contribution in [-0.4, -0.2) is 20.5 Å². The van der Waals surface area contributed by atoms with Crippen LogP contribution < -0.4 is 9.88 Å². The minimum atomic E-state index is -3.79. The number of ether oxygens (including phenoxy) is 1. The summed E-state index contributed by atoms with van der Waals surface area (Å²) in [6.07, 6.45) is 3.28. The molecule has 0 atom stereocenters. The molecule has 0 aliphatic carbocycles. The molecule has 0 saturated heterocycles. The molecule has 0 amide bonds. The number of pyridine rings is 1. The first-order valence-corrected chi connectivity index (χ1v) is 11.1. The number of methoxy groups -OCH3 is 1. The van der Waals surface area contributed by atoms with Gasteiger partial charge >= 0.3 is 0 Å². The molecule has 2 N–H and O–H groups in total. The van der Waals surface area contributed by atoms with Crippen molar-refractivity contribution in [1.29, 1.82) is 5.26 Å². The van der Waals surface area contributed by atoms with E-state index >= 15 is 0 Å². The number of nitrogens with two attached hydrogens (primary N) is 1. The smallest absolute Gasteiger partial charge is 0.238 e. The molecule has 1 aromatic heterocycles. The molecule has 154 valence electrons. The zero-order valence-corrected chi connectivity index (χ0v) is 17.7. The lowest BCUT2D eigenvalue weighted by Gasteiger charge is -2.13. The van der Waals surface area contributed by atoms with Crippen molar-refractivity contribution in [2.24, 2.45) is 5.14 Å². The molecule has 0 aliphatic heterocycles. The van der Waals surface area contributed by atoms with Crippen molar-refractivity contribution in [3.8, 4) is 34.3 Å². The van der Waals surface area contributed by atoms with Crippen molar-refractivity contribution >= 4 is 10.0 Å². The van der Waals surface area contributed by atoms with E-state index in [0.29, 0.717) is 16.8 Å². The zero-order chi connectivity index (χ0) is 21.7. The number of benzene rings is 2. The highest BCUT2D eigenvalue weighted by atomic mass is 32.2. The number of rotatable bonds is 7. The van der Waals surface area contributed by atoms with Gasteiger partial charge in [0.2, 0.25) is 15.9 Å². The Kier molecular flexibility index (Phi) is 6.50. The predicted molar refractivity (Wildman–Crippen MR) is 116 cm³/mol. The Balaban J connectivity index is 2.13. The summed E-state index contributed by atoms with van der Waals surface area (Å²) in [6.45, 7) is 2.16. The van der Waals surface area contributed by atoms with Crippen LogP contribution in [-0.2, 0) is 16.4 Å². The fourth-order valence-corrected chi connectivity index (χ4v) is 3.72. The van der Waals surface area contributed by atoms with Crippen LogP contribution >= 0.6 is 0 Å². The second kappa shape index (κ2) is 9.08. The summed E-state index contributed by atoms with van der Waals surface area (Å²) in [5, 5.41) is 14.7. The number of nitriles is 1. The molecule has 1 heterocycles. The van der Waals surface area contributed by atoms with Gasteiger partial charge in [0.25, 0.3) is 0 Å². The molecule has 0 radical (unpaired) electrons. The zero-order valence-electron chi connectivity index (χ0n) is 16.9. The molecular weight excluding hydrogens is 398 g/mol. The van der Waals surface area contributed by atoms with Crippen LogP contribution in [0.25, 0.3) is 22.4 Å². The SMILES string of the molecule is CCCCc1ccc(-c2nc(OC)c(C#N)cc2-c2ccc(S(N)(=O)=O)cc2)cc1. The molecule has 0 unspecified atom stereocenters. The van der Waals surface area contributed by atoms with Gasteiger partial charge in [0.1, 0.15) is 11.6 Å². The first-order chi connectivity index (χ1) is 14.4. The van der Waals surface area contributed by atoms with Crippen molar-refractivity contribution in [3.05, 3.63) is 65.7 Å². The standard InChI is InChI=1S/C23H23N3O3S/c1-3-4-5-16-6-8-18(9-7-16)22-21(14-19(15-24)23(26-22)29-2)17-10-12-20(13-11-17)30(25,27)28/h6-14H,3-5H2,1-2H3,(H2,25,27,28). The summed E-state index contributed by atoms with van der Waals surface area (Å²) >= 11 is 0. The van der Waals surface area contributed by atoms with Crippen molar-refractivity contribution in [2.45, 2.75) is 31.1 Å². The lowest BCUT2D eigenvalue weighted by Crippen LogP contribution is -2.11. The molecule has 0 fully saturated rings. The van der Waals surface area contributed by atoms with Gasteiger partial charge in [-0.15, -0.1) is 0 Å². The van der Waals surface area contributed by atoms with E-state index in [1.807, 2.05) is 12.1 Å². The highest BCUT2D eigenvalue weighted by Gasteiger charge is 2.16. The molecule has 2 aromatic carbocycles. The summed E-state index contributed by atoms with van der Waals surface area (Å²) in [5.74, 6) is 0.243. The van der Waals surface area contributed by atoms with Gasteiger partial charge in [0.05, 0.1) is 17.7 Å². The van der Waals surface area contributed by atoms with Crippen LogP contribution in [0.2, 0.25) is 0 Å². The summed E-state index contributed by atoms with van der Waals surface area (Å²) in [7, 11) is -2.31. The number of hydrogen-bond donors (Lipinski definition) is 1.